The Morgan fingerprint density at radius 2 is 2.17 bits per heavy atom. The fraction of sp³-hybridized carbons (Fsp3) is 0.565. The third-order valence-electron chi connectivity index (χ3n) is 7.00. The number of hydrogen-bond donors (Lipinski definition) is 0. The highest BCUT2D eigenvalue weighted by Gasteiger charge is 2.47. The van der Waals surface area contributed by atoms with E-state index in [0.29, 0.717) is 30.4 Å². The van der Waals surface area contributed by atoms with E-state index in [0.717, 1.165) is 37.7 Å². The van der Waals surface area contributed by atoms with Crippen LogP contribution in [0.2, 0.25) is 0 Å². The number of rotatable bonds is 3. The SMILES string of the molecule is CCC1CN(CC2OC(=O)N3CC4=C(C=CCC4)C[C@@H]23)C(=O)C2=CCC(Br)C=C21. The molecular weight excluding hydrogens is 432 g/mol. The van der Waals surface area contributed by atoms with Gasteiger partial charge in [0.25, 0.3) is 5.91 Å². The molecule has 4 atom stereocenters. The van der Waals surface area contributed by atoms with E-state index in [9.17, 15) is 9.59 Å². The summed E-state index contributed by atoms with van der Waals surface area (Å²) in [6, 6.07) is 0.0288. The summed E-state index contributed by atoms with van der Waals surface area (Å²) in [4.78, 5) is 29.9. The molecule has 3 unspecified atom stereocenters. The van der Waals surface area contributed by atoms with Crippen molar-refractivity contribution >= 4 is 27.9 Å². The summed E-state index contributed by atoms with van der Waals surface area (Å²) in [5.41, 5.74) is 4.77. The molecule has 5 aliphatic rings. The Kier molecular flexibility index (Phi) is 4.93. The molecule has 3 heterocycles. The van der Waals surface area contributed by atoms with Crippen molar-refractivity contribution in [1.29, 1.82) is 0 Å². The van der Waals surface area contributed by atoms with E-state index in [2.05, 4.69) is 47.2 Å². The van der Waals surface area contributed by atoms with Crippen molar-refractivity contribution in [3.8, 4) is 0 Å². The lowest BCUT2D eigenvalue weighted by Gasteiger charge is -2.39. The molecule has 6 heteroatoms. The summed E-state index contributed by atoms with van der Waals surface area (Å²) < 4.78 is 5.79. The highest BCUT2D eigenvalue weighted by Crippen LogP contribution is 2.39. The van der Waals surface area contributed by atoms with Gasteiger partial charge in [0.1, 0.15) is 6.10 Å². The zero-order valence-corrected chi connectivity index (χ0v) is 18.4. The number of alkyl halides is 1. The fourth-order valence-electron chi connectivity index (χ4n) is 5.39. The number of piperidine rings is 1. The van der Waals surface area contributed by atoms with Crippen molar-refractivity contribution in [2.75, 3.05) is 19.6 Å². The Bertz CT molecular complexity index is 871. The van der Waals surface area contributed by atoms with Crippen LogP contribution in [0.25, 0.3) is 0 Å². The van der Waals surface area contributed by atoms with Crippen LogP contribution in [0.5, 0.6) is 0 Å². The van der Waals surface area contributed by atoms with Gasteiger partial charge in [0, 0.05) is 29.4 Å². The number of amides is 2. The lowest BCUT2D eigenvalue weighted by atomic mass is 9.81. The molecule has 2 amide bonds. The number of likely N-dealkylation sites (tertiary alicyclic amines) is 1. The highest BCUT2D eigenvalue weighted by atomic mass is 79.9. The van der Waals surface area contributed by atoms with Crippen LogP contribution in [0.1, 0.15) is 39.0 Å². The smallest absolute Gasteiger partial charge is 0.410 e. The second-order valence-electron chi connectivity index (χ2n) is 8.70. The van der Waals surface area contributed by atoms with Gasteiger partial charge in [-0.2, -0.15) is 0 Å². The second-order valence-corrected chi connectivity index (χ2v) is 9.87. The molecule has 0 saturated carbocycles. The summed E-state index contributed by atoms with van der Waals surface area (Å²) in [6.07, 6.45) is 13.0. The molecule has 0 spiro atoms. The third kappa shape index (κ3) is 3.29. The first kappa shape index (κ1) is 19.2. The molecule has 0 bridgehead atoms. The quantitative estimate of drug-likeness (QED) is 0.597. The van der Waals surface area contributed by atoms with Gasteiger partial charge in [-0.15, -0.1) is 0 Å². The van der Waals surface area contributed by atoms with Gasteiger partial charge in [0.05, 0.1) is 12.6 Å². The molecule has 2 saturated heterocycles. The highest BCUT2D eigenvalue weighted by molar-refractivity contribution is 9.09. The normalized spacial score (nSPS) is 33.7. The number of cyclic esters (lactones) is 1. The monoisotopic (exact) mass is 458 g/mol. The summed E-state index contributed by atoms with van der Waals surface area (Å²) in [5, 5.41) is 0. The molecule has 0 N–H and O–H groups in total. The first-order chi connectivity index (χ1) is 14.0. The molecule has 0 aromatic carbocycles. The molecule has 3 aliphatic heterocycles. The van der Waals surface area contributed by atoms with Crippen LogP contribution in [0.4, 0.5) is 4.79 Å². The Hall–Kier alpha value is -1.82. The summed E-state index contributed by atoms with van der Waals surface area (Å²) in [5.74, 6) is 0.428. The number of nitrogens with zero attached hydrogens (tertiary/aromatic N) is 2. The van der Waals surface area contributed by atoms with Gasteiger partial charge >= 0.3 is 6.09 Å². The minimum Gasteiger partial charge on any atom is -0.442 e. The Morgan fingerprint density at radius 3 is 3.00 bits per heavy atom. The van der Waals surface area contributed by atoms with Crippen molar-refractivity contribution in [3.05, 3.63) is 46.6 Å². The van der Waals surface area contributed by atoms with Crippen molar-refractivity contribution in [2.45, 2.75) is 56.0 Å². The van der Waals surface area contributed by atoms with Crippen LogP contribution in [0.15, 0.2) is 46.6 Å². The van der Waals surface area contributed by atoms with E-state index in [1.54, 1.807) is 0 Å². The number of allylic oxidation sites excluding steroid dienone is 4. The maximum absolute atomic E-state index is 13.2. The number of halogens is 1. The van der Waals surface area contributed by atoms with Crippen LogP contribution in [-0.2, 0) is 9.53 Å². The van der Waals surface area contributed by atoms with Gasteiger partial charge in [-0.05, 0) is 48.8 Å². The maximum atomic E-state index is 13.2. The van der Waals surface area contributed by atoms with E-state index in [4.69, 9.17) is 4.74 Å². The van der Waals surface area contributed by atoms with Gasteiger partial charge in [-0.1, -0.05) is 47.2 Å². The minimum absolute atomic E-state index is 0.0288. The van der Waals surface area contributed by atoms with E-state index >= 15 is 0 Å². The summed E-state index contributed by atoms with van der Waals surface area (Å²) in [7, 11) is 0. The first-order valence-electron chi connectivity index (χ1n) is 10.8. The molecule has 2 aliphatic carbocycles. The fourth-order valence-corrected chi connectivity index (χ4v) is 5.86. The Morgan fingerprint density at radius 1 is 1.31 bits per heavy atom. The molecule has 0 aromatic heterocycles. The molecule has 5 rings (SSSR count). The number of hydrogen-bond acceptors (Lipinski definition) is 3. The van der Waals surface area contributed by atoms with Crippen LogP contribution < -0.4 is 0 Å². The van der Waals surface area contributed by atoms with Crippen molar-refractivity contribution < 1.29 is 14.3 Å². The Balaban J connectivity index is 1.36. The molecule has 154 valence electrons. The number of carbonyl (C=O) groups excluding carboxylic acids is 2. The second kappa shape index (κ2) is 7.46. The van der Waals surface area contributed by atoms with Gasteiger partial charge in [0.2, 0.25) is 0 Å². The van der Waals surface area contributed by atoms with Crippen molar-refractivity contribution in [2.24, 2.45) is 5.92 Å². The number of fused-ring (bicyclic) bond motifs is 2. The van der Waals surface area contributed by atoms with Crippen molar-refractivity contribution in [3.63, 3.8) is 0 Å². The number of carbonyl (C=O) groups is 2. The molecular formula is C23H27BrN2O3. The van der Waals surface area contributed by atoms with Crippen LogP contribution in [0.3, 0.4) is 0 Å². The average molecular weight is 459 g/mol. The van der Waals surface area contributed by atoms with E-state index in [1.165, 1.54) is 16.7 Å². The molecule has 29 heavy (non-hydrogen) atoms. The van der Waals surface area contributed by atoms with Gasteiger partial charge in [-0.3, -0.25) is 9.69 Å². The van der Waals surface area contributed by atoms with Gasteiger partial charge in [-0.25, -0.2) is 4.79 Å². The summed E-state index contributed by atoms with van der Waals surface area (Å²) >= 11 is 3.67. The molecule has 0 aromatic rings. The van der Waals surface area contributed by atoms with Crippen LogP contribution >= 0.6 is 15.9 Å². The van der Waals surface area contributed by atoms with E-state index in [1.807, 2.05) is 9.80 Å². The third-order valence-corrected chi connectivity index (χ3v) is 7.64. The summed E-state index contributed by atoms with van der Waals surface area (Å²) in [6.45, 7) is 4.04. The lowest BCUT2D eigenvalue weighted by molar-refractivity contribution is -0.130. The van der Waals surface area contributed by atoms with E-state index in [-0.39, 0.29) is 24.1 Å². The molecule has 2 fully saturated rings. The predicted octanol–water partition coefficient (Wildman–Crippen LogP) is 4.11. The number of ether oxygens (including phenoxy) is 1. The van der Waals surface area contributed by atoms with Crippen molar-refractivity contribution in [1.82, 2.24) is 9.80 Å². The zero-order valence-electron chi connectivity index (χ0n) is 16.8. The van der Waals surface area contributed by atoms with Crippen LogP contribution in [0, 0.1) is 5.92 Å². The molecule has 5 nitrogen and oxygen atoms in total. The largest absolute Gasteiger partial charge is 0.442 e. The predicted molar refractivity (Wildman–Crippen MR) is 115 cm³/mol. The lowest BCUT2D eigenvalue weighted by Crippen LogP contribution is -2.50. The van der Waals surface area contributed by atoms with Crippen LogP contribution in [-0.4, -0.2) is 58.4 Å². The zero-order chi connectivity index (χ0) is 20.1. The van der Waals surface area contributed by atoms with Gasteiger partial charge in [0.15, 0.2) is 0 Å². The minimum atomic E-state index is -0.257. The first-order valence-corrected chi connectivity index (χ1v) is 11.7. The topological polar surface area (TPSA) is 49.9 Å². The Labute approximate surface area is 180 Å². The maximum Gasteiger partial charge on any atom is 0.410 e. The average Bonchev–Trinajstić information content (AvgIpc) is 3.03. The standard InChI is InChI=1S/C23H27BrN2O3/c1-2-14-11-25(22(27)18-8-7-17(24)10-19(14)18)13-21-20-9-15-5-3-4-6-16(15)12-26(20)23(28)29-21/h3,5,8,10,14,17,20-21H,2,4,6-7,9,11-13H2,1H3/t14?,17?,20-,21?/m0/s1. The van der Waals surface area contributed by atoms with Gasteiger partial charge < -0.3 is 9.64 Å². The molecule has 0 radical (unpaired) electrons. The van der Waals surface area contributed by atoms with E-state index < -0.39 is 0 Å².